The topological polar surface area (TPSA) is 46.3 Å². The van der Waals surface area contributed by atoms with Crippen molar-refractivity contribution in [2.75, 3.05) is 13.1 Å². The molecule has 1 fully saturated rings. The van der Waals surface area contributed by atoms with Crippen molar-refractivity contribution in [3.8, 4) is 0 Å². The molecular formula is C12H18N2O2. The number of piperidine rings is 1. The molecule has 1 saturated heterocycles. The summed E-state index contributed by atoms with van der Waals surface area (Å²) in [5.74, 6) is 0.969. The lowest BCUT2D eigenvalue weighted by Gasteiger charge is -2.26. The Morgan fingerprint density at radius 3 is 2.56 bits per heavy atom. The van der Waals surface area contributed by atoms with Crippen LogP contribution in [0.4, 0.5) is 0 Å². The highest BCUT2D eigenvalue weighted by molar-refractivity contribution is 5.79. The zero-order valence-corrected chi connectivity index (χ0v) is 9.95. The Balaban J connectivity index is 2.01. The number of aromatic nitrogens is 1. The highest BCUT2D eigenvalue weighted by atomic mass is 16.5. The summed E-state index contributed by atoms with van der Waals surface area (Å²) in [6.45, 7) is 5.55. The molecule has 2 heterocycles. The van der Waals surface area contributed by atoms with Crippen LogP contribution in [0.1, 0.15) is 36.3 Å². The first-order chi connectivity index (χ1) is 7.68. The molecule has 1 aromatic heterocycles. The molecule has 0 aliphatic carbocycles. The molecule has 1 aromatic rings. The number of nitrogens with zero attached hydrogens (tertiary/aromatic N) is 2. The van der Waals surface area contributed by atoms with E-state index in [1.54, 1.807) is 0 Å². The summed E-state index contributed by atoms with van der Waals surface area (Å²) in [4.78, 5) is 14.0. The maximum atomic E-state index is 12.0. The molecule has 0 bridgehead atoms. The number of likely N-dealkylation sites (tertiary alicyclic amines) is 1. The first-order valence-corrected chi connectivity index (χ1v) is 5.88. The van der Waals surface area contributed by atoms with Crippen LogP contribution in [0.3, 0.4) is 0 Å². The van der Waals surface area contributed by atoms with Crippen molar-refractivity contribution < 1.29 is 9.32 Å². The molecular weight excluding hydrogens is 204 g/mol. The molecule has 0 atom stereocenters. The molecule has 4 nitrogen and oxygen atoms in total. The van der Waals surface area contributed by atoms with E-state index in [9.17, 15) is 4.79 Å². The Kier molecular flexibility index (Phi) is 3.27. The standard InChI is InChI=1S/C12H18N2O2/c1-9-11(10(2)16-13-9)8-12(15)14-6-4-3-5-7-14/h3-8H2,1-2H3. The average Bonchev–Trinajstić information content (AvgIpc) is 2.62. The van der Waals surface area contributed by atoms with Gasteiger partial charge in [-0.1, -0.05) is 5.16 Å². The fourth-order valence-electron chi connectivity index (χ4n) is 2.16. The summed E-state index contributed by atoms with van der Waals surface area (Å²) in [5, 5.41) is 3.87. The van der Waals surface area contributed by atoms with E-state index in [4.69, 9.17) is 4.52 Å². The van der Waals surface area contributed by atoms with Crippen LogP contribution in [-0.2, 0) is 11.2 Å². The minimum absolute atomic E-state index is 0.203. The number of amides is 1. The molecule has 0 radical (unpaired) electrons. The smallest absolute Gasteiger partial charge is 0.227 e. The minimum Gasteiger partial charge on any atom is -0.361 e. The number of carbonyl (C=O) groups is 1. The van der Waals surface area contributed by atoms with Gasteiger partial charge >= 0.3 is 0 Å². The summed E-state index contributed by atoms with van der Waals surface area (Å²) < 4.78 is 5.06. The fourth-order valence-corrected chi connectivity index (χ4v) is 2.16. The lowest BCUT2D eigenvalue weighted by molar-refractivity contribution is -0.131. The zero-order chi connectivity index (χ0) is 11.5. The van der Waals surface area contributed by atoms with Gasteiger partial charge in [-0.05, 0) is 33.1 Å². The number of hydrogen-bond donors (Lipinski definition) is 0. The van der Waals surface area contributed by atoms with Gasteiger partial charge in [0.25, 0.3) is 0 Å². The van der Waals surface area contributed by atoms with Gasteiger partial charge in [0.1, 0.15) is 5.76 Å². The van der Waals surface area contributed by atoms with Gasteiger partial charge in [-0.15, -0.1) is 0 Å². The average molecular weight is 222 g/mol. The van der Waals surface area contributed by atoms with Crippen molar-refractivity contribution in [2.24, 2.45) is 0 Å². The third kappa shape index (κ3) is 2.26. The Morgan fingerprint density at radius 1 is 1.31 bits per heavy atom. The van der Waals surface area contributed by atoms with E-state index in [1.807, 2.05) is 18.7 Å². The second kappa shape index (κ2) is 4.68. The van der Waals surface area contributed by atoms with E-state index in [-0.39, 0.29) is 5.91 Å². The lowest BCUT2D eigenvalue weighted by Crippen LogP contribution is -2.36. The van der Waals surface area contributed by atoms with Crippen LogP contribution in [0.15, 0.2) is 4.52 Å². The minimum atomic E-state index is 0.203. The van der Waals surface area contributed by atoms with Crippen molar-refractivity contribution >= 4 is 5.91 Å². The number of carbonyl (C=O) groups excluding carboxylic acids is 1. The highest BCUT2D eigenvalue weighted by Crippen LogP contribution is 2.16. The monoisotopic (exact) mass is 222 g/mol. The molecule has 0 N–H and O–H groups in total. The molecule has 2 rings (SSSR count). The second-order valence-electron chi connectivity index (χ2n) is 4.42. The maximum Gasteiger partial charge on any atom is 0.227 e. The van der Waals surface area contributed by atoms with E-state index >= 15 is 0 Å². The third-order valence-corrected chi connectivity index (χ3v) is 3.22. The largest absolute Gasteiger partial charge is 0.361 e. The summed E-state index contributed by atoms with van der Waals surface area (Å²) >= 11 is 0. The SMILES string of the molecule is Cc1noc(C)c1CC(=O)N1CCCCC1. The van der Waals surface area contributed by atoms with Crippen LogP contribution in [-0.4, -0.2) is 29.1 Å². The van der Waals surface area contributed by atoms with Crippen LogP contribution in [0.2, 0.25) is 0 Å². The van der Waals surface area contributed by atoms with Crippen LogP contribution >= 0.6 is 0 Å². The molecule has 1 aliphatic heterocycles. The highest BCUT2D eigenvalue weighted by Gasteiger charge is 2.20. The van der Waals surface area contributed by atoms with Gasteiger partial charge in [0.05, 0.1) is 12.1 Å². The van der Waals surface area contributed by atoms with E-state index in [0.717, 1.165) is 42.9 Å². The number of rotatable bonds is 2. The predicted octanol–water partition coefficient (Wildman–Crippen LogP) is 1.85. The second-order valence-corrected chi connectivity index (χ2v) is 4.42. The van der Waals surface area contributed by atoms with Gasteiger partial charge in [-0.3, -0.25) is 4.79 Å². The molecule has 0 spiro atoms. The van der Waals surface area contributed by atoms with Crippen molar-refractivity contribution in [3.63, 3.8) is 0 Å². The third-order valence-electron chi connectivity index (χ3n) is 3.22. The van der Waals surface area contributed by atoms with Gasteiger partial charge in [0.2, 0.25) is 5.91 Å². The predicted molar refractivity (Wildman–Crippen MR) is 60.1 cm³/mol. The first kappa shape index (κ1) is 11.2. The Hall–Kier alpha value is -1.32. The van der Waals surface area contributed by atoms with E-state index in [0.29, 0.717) is 6.42 Å². The van der Waals surface area contributed by atoms with Gasteiger partial charge < -0.3 is 9.42 Å². The summed E-state index contributed by atoms with van der Waals surface area (Å²) in [5.41, 5.74) is 1.79. The van der Waals surface area contributed by atoms with E-state index in [2.05, 4.69) is 5.16 Å². The summed E-state index contributed by atoms with van der Waals surface area (Å²) in [6.07, 6.45) is 3.94. The number of hydrogen-bond acceptors (Lipinski definition) is 3. The van der Waals surface area contributed by atoms with Crippen LogP contribution in [0.5, 0.6) is 0 Å². The summed E-state index contributed by atoms with van der Waals surface area (Å²) in [6, 6.07) is 0. The van der Waals surface area contributed by atoms with Crippen LogP contribution < -0.4 is 0 Å². The van der Waals surface area contributed by atoms with Gasteiger partial charge in [0, 0.05) is 18.7 Å². The molecule has 0 unspecified atom stereocenters. The molecule has 16 heavy (non-hydrogen) atoms. The van der Waals surface area contributed by atoms with Crippen molar-refractivity contribution in [1.82, 2.24) is 10.1 Å². The van der Waals surface area contributed by atoms with Crippen molar-refractivity contribution in [2.45, 2.75) is 39.5 Å². The quantitative estimate of drug-likeness (QED) is 0.767. The lowest BCUT2D eigenvalue weighted by atomic mass is 10.1. The van der Waals surface area contributed by atoms with Crippen molar-refractivity contribution in [1.29, 1.82) is 0 Å². The molecule has 4 heteroatoms. The van der Waals surface area contributed by atoms with Gasteiger partial charge in [0.15, 0.2) is 0 Å². The molecule has 1 aliphatic rings. The normalized spacial score (nSPS) is 16.5. The molecule has 1 amide bonds. The summed E-state index contributed by atoms with van der Waals surface area (Å²) in [7, 11) is 0. The Labute approximate surface area is 95.6 Å². The zero-order valence-electron chi connectivity index (χ0n) is 9.95. The molecule has 0 saturated carbocycles. The Bertz CT molecular complexity index is 359. The Morgan fingerprint density at radius 2 is 2.00 bits per heavy atom. The van der Waals surface area contributed by atoms with Crippen LogP contribution in [0.25, 0.3) is 0 Å². The molecule has 88 valence electrons. The van der Waals surface area contributed by atoms with Crippen molar-refractivity contribution in [3.05, 3.63) is 17.0 Å². The van der Waals surface area contributed by atoms with Crippen LogP contribution in [0, 0.1) is 13.8 Å². The fraction of sp³-hybridized carbons (Fsp3) is 0.667. The van der Waals surface area contributed by atoms with Gasteiger partial charge in [-0.2, -0.15) is 0 Å². The van der Waals surface area contributed by atoms with E-state index in [1.165, 1.54) is 6.42 Å². The first-order valence-electron chi connectivity index (χ1n) is 5.88. The van der Waals surface area contributed by atoms with Gasteiger partial charge in [-0.25, -0.2) is 0 Å². The maximum absolute atomic E-state index is 12.0. The molecule has 0 aromatic carbocycles. The number of aryl methyl sites for hydroxylation is 2. The van der Waals surface area contributed by atoms with E-state index < -0.39 is 0 Å².